The van der Waals surface area contributed by atoms with Gasteiger partial charge in [0.15, 0.2) is 0 Å². The molecular formula is C49H41N. The molecule has 0 heterocycles. The third kappa shape index (κ3) is 6.68. The molecule has 0 amide bonds. The molecule has 1 heteroatoms. The number of hydrogen-bond acceptors (Lipinski definition) is 1. The van der Waals surface area contributed by atoms with Gasteiger partial charge >= 0.3 is 0 Å². The fourth-order valence-electron chi connectivity index (χ4n) is 7.42. The minimum Gasteiger partial charge on any atom is -0.344 e. The summed E-state index contributed by atoms with van der Waals surface area (Å²) in [5.74, 6) is 0.393. The van der Waals surface area contributed by atoms with Crippen molar-refractivity contribution in [3.05, 3.63) is 205 Å². The predicted octanol–water partition coefficient (Wildman–Crippen LogP) is 13.1. The summed E-state index contributed by atoms with van der Waals surface area (Å²) in [6, 6.07) is 68.7. The fourth-order valence-corrected chi connectivity index (χ4v) is 7.42. The molecule has 0 saturated heterocycles. The Hall–Kier alpha value is -5.92. The van der Waals surface area contributed by atoms with Crippen molar-refractivity contribution < 1.29 is 0 Å². The topological polar surface area (TPSA) is 3.24 Å². The maximum absolute atomic E-state index is 2.36. The molecule has 0 bridgehead atoms. The zero-order valence-electron chi connectivity index (χ0n) is 28.5. The first-order valence-electron chi connectivity index (χ1n) is 17.7. The summed E-state index contributed by atoms with van der Waals surface area (Å²) in [4.78, 5) is 2.36. The molecule has 0 radical (unpaired) electrons. The Balaban J connectivity index is 1.08. The van der Waals surface area contributed by atoms with E-state index in [1.807, 2.05) is 0 Å². The lowest BCUT2D eigenvalue weighted by Gasteiger charge is -2.25. The van der Waals surface area contributed by atoms with E-state index in [1.165, 1.54) is 71.9 Å². The van der Waals surface area contributed by atoms with E-state index in [0.29, 0.717) is 5.92 Å². The van der Waals surface area contributed by atoms with Gasteiger partial charge in [0.05, 0.1) is 5.69 Å². The SMILES string of the molecule is CN(c1ccc(C(CCc2ccc(-c3ccccc3)cc2)Cc2ccc(-c3ccccc3)cc2)cc1)c1c2ccccc2cc2ccccc12. The number of hydrogen-bond donors (Lipinski definition) is 0. The van der Waals surface area contributed by atoms with E-state index in [-0.39, 0.29) is 0 Å². The number of fused-ring (bicyclic) bond motifs is 2. The summed E-state index contributed by atoms with van der Waals surface area (Å²) in [7, 11) is 2.20. The minimum absolute atomic E-state index is 0.393. The van der Waals surface area contributed by atoms with Gasteiger partial charge in [0.2, 0.25) is 0 Å². The van der Waals surface area contributed by atoms with Gasteiger partial charge < -0.3 is 4.90 Å². The van der Waals surface area contributed by atoms with Gasteiger partial charge in [-0.2, -0.15) is 0 Å². The molecule has 0 saturated carbocycles. The lowest BCUT2D eigenvalue weighted by molar-refractivity contribution is 0.621. The van der Waals surface area contributed by atoms with Crippen molar-refractivity contribution in [1.82, 2.24) is 0 Å². The lowest BCUT2D eigenvalue weighted by Crippen LogP contribution is -2.11. The van der Waals surface area contributed by atoms with Crippen molar-refractivity contribution >= 4 is 32.9 Å². The molecule has 1 atom stereocenters. The van der Waals surface area contributed by atoms with E-state index >= 15 is 0 Å². The predicted molar refractivity (Wildman–Crippen MR) is 214 cm³/mol. The van der Waals surface area contributed by atoms with Gasteiger partial charge in [-0.1, -0.05) is 170 Å². The Kier molecular flexibility index (Phi) is 8.96. The third-order valence-corrected chi connectivity index (χ3v) is 10.2. The summed E-state index contributed by atoms with van der Waals surface area (Å²) in [6.45, 7) is 0. The third-order valence-electron chi connectivity index (χ3n) is 10.2. The van der Waals surface area contributed by atoms with Crippen LogP contribution < -0.4 is 4.90 Å². The highest BCUT2D eigenvalue weighted by Crippen LogP contribution is 2.39. The van der Waals surface area contributed by atoms with Gasteiger partial charge in [0.1, 0.15) is 0 Å². The molecule has 0 spiro atoms. The highest BCUT2D eigenvalue weighted by atomic mass is 15.1. The Labute approximate surface area is 296 Å². The maximum Gasteiger partial charge on any atom is 0.0567 e. The molecule has 0 aliphatic carbocycles. The van der Waals surface area contributed by atoms with Gasteiger partial charge in [-0.05, 0) is 93.1 Å². The number of anilines is 2. The number of nitrogens with zero attached hydrogens (tertiary/aromatic N) is 1. The summed E-state index contributed by atoms with van der Waals surface area (Å²) < 4.78 is 0. The summed E-state index contributed by atoms with van der Waals surface area (Å²) >= 11 is 0. The van der Waals surface area contributed by atoms with Crippen molar-refractivity contribution in [3.63, 3.8) is 0 Å². The number of rotatable bonds is 10. The first-order valence-corrected chi connectivity index (χ1v) is 17.7. The highest BCUT2D eigenvalue weighted by molar-refractivity contribution is 6.12. The second-order valence-corrected chi connectivity index (χ2v) is 13.4. The first kappa shape index (κ1) is 31.4. The Morgan fingerprint density at radius 2 is 0.900 bits per heavy atom. The van der Waals surface area contributed by atoms with Gasteiger partial charge in [-0.3, -0.25) is 0 Å². The standard InChI is InChI=1S/C49H41N/c1-50(49-47-18-10-8-16-44(47)35-45-17-9-11-19-48(45)49)46-32-30-42(31-33-46)43(34-37-23-27-41(28-24-37)39-14-6-3-7-15-39)29-22-36-20-25-40(26-21-36)38-12-4-2-5-13-38/h2-21,23-28,30-33,35,43H,22,29,34H2,1H3. The van der Waals surface area contributed by atoms with Crippen LogP contribution in [0, 0.1) is 0 Å². The summed E-state index contributed by atoms with van der Waals surface area (Å²) in [5, 5.41) is 5.07. The number of aryl methyl sites for hydroxylation is 1. The second kappa shape index (κ2) is 14.3. The molecule has 8 aromatic carbocycles. The molecule has 242 valence electrons. The average molecular weight is 644 g/mol. The van der Waals surface area contributed by atoms with Crippen LogP contribution in [0.2, 0.25) is 0 Å². The Bertz CT molecular complexity index is 2270. The molecule has 0 fully saturated rings. The lowest BCUT2D eigenvalue weighted by atomic mass is 9.86. The van der Waals surface area contributed by atoms with Crippen LogP contribution >= 0.6 is 0 Å². The van der Waals surface area contributed by atoms with Crippen LogP contribution in [0.15, 0.2) is 188 Å². The summed E-state index contributed by atoms with van der Waals surface area (Å²) in [6.07, 6.45) is 3.11. The molecule has 0 aliphatic rings. The van der Waals surface area contributed by atoms with Crippen LogP contribution in [0.3, 0.4) is 0 Å². The molecule has 0 N–H and O–H groups in total. The molecule has 8 rings (SSSR count). The van der Waals surface area contributed by atoms with Gasteiger partial charge in [0.25, 0.3) is 0 Å². The quantitative estimate of drug-likeness (QED) is 0.134. The van der Waals surface area contributed by atoms with Crippen molar-refractivity contribution in [3.8, 4) is 22.3 Å². The summed E-state index contributed by atoms with van der Waals surface area (Å²) in [5.41, 5.74) is 11.6. The number of benzene rings is 8. The van der Waals surface area contributed by atoms with Crippen molar-refractivity contribution in [2.45, 2.75) is 25.2 Å². The normalized spacial score (nSPS) is 11.9. The van der Waals surface area contributed by atoms with E-state index < -0.39 is 0 Å². The Morgan fingerprint density at radius 1 is 0.440 bits per heavy atom. The molecule has 1 unspecified atom stereocenters. The highest BCUT2D eigenvalue weighted by Gasteiger charge is 2.17. The molecule has 0 aromatic heterocycles. The van der Waals surface area contributed by atoms with Crippen LogP contribution in [0.5, 0.6) is 0 Å². The van der Waals surface area contributed by atoms with E-state index in [4.69, 9.17) is 0 Å². The van der Waals surface area contributed by atoms with E-state index in [1.54, 1.807) is 0 Å². The fraction of sp³-hybridized carbons (Fsp3) is 0.102. The molecule has 50 heavy (non-hydrogen) atoms. The van der Waals surface area contributed by atoms with Crippen molar-refractivity contribution in [2.24, 2.45) is 0 Å². The van der Waals surface area contributed by atoms with E-state index in [2.05, 4.69) is 200 Å². The van der Waals surface area contributed by atoms with Crippen LogP contribution in [-0.4, -0.2) is 7.05 Å². The average Bonchev–Trinajstić information content (AvgIpc) is 3.19. The van der Waals surface area contributed by atoms with Crippen LogP contribution in [-0.2, 0) is 12.8 Å². The zero-order valence-corrected chi connectivity index (χ0v) is 28.5. The second-order valence-electron chi connectivity index (χ2n) is 13.4. The smallest absolute Gasteiger partial charge is 0.0567 e. The Morgan fingerprint density at radius 3 is 1.44 bits per heavy atom. The zero-order chi connectivity index (χ0) is 33.7. The van der Waals surface area contributed by atoms with Gasteiger partial charge in [-0.15, -0.1) is 0 Å². The van der Waals surface area contributed by atoms with Crippen molar-refractivity contribution in [2.75, 3.05) is 11.9 Å². The largest absolute Gasteiger partial charge is 0.344 e. The molecule has 8 aromatic rings. The van der Waals surface area contributed by atoms with Crippen LogP contribution in [0.4, 0.5) is 11.4 Å². The van der Waals surface area contributed by atoms with Gasteiger partial charge in [-0.25, -0.2) is 0 Å². The van der Waals surface area contributed by atoms with Gasteiger partial charge in [0, 0.05) is 23.5 Å². The van der Waals surface area contributed by atoms with E-state index in [0.717, 1.165) is 19.3 Å². The van der Waals surface area contributed by atoms with Crippen molar-refractivity contribution in [1.29, 1.82) is 0 Å². The maximum atomic E-state index is 2.36. The van der Waals surface area contributed by atoms with Crippen LogP contribution in [0.1, 0.15) is 29.0 Å². The van der Waals surface area contributed by atoms with Crippen LogP contribution in [0.25, 0.3) is 43.8 Å². The first-order chi connectivity index (χ1) is 24.7. The molecule has 1 nitrogen and oxygen atoms in total. The minimum atomic E-state index is 0.393. The molecule has 0 aliphatic heterocycles. The van der Waals surface area contributed by atoms with E-state index in [9.17, 15) is 0 Å². The molecular weight excluding hydrogens is 603 g/mol. The monoisotopic (exact) mass is 643 g/mol.